The summed E-state index contributed by atoms with van der Waals surface area (Å²) in [7, 11) is 0. The van der Waals surface area contributed by atoms with E-state index in [0.29, 0.717) is 23.7 Å². The molecule has 0 radical (unpaired) electrons. The largest absolute Gasteiger partial charge is 0.486 e. The van der Waals surface area contributed by atoms with Gasteiger partial charge in [0.25, 0.3) is 5.91 Å². The number of rotatable bonds is 7. The van der Waals surface area contributed by atoms with Crippen LogP contribution in [0.4, 0.5) is 10.1 Å². The first-order chi connectivity index (χ1) is 14.2. The molecule has 2 heterocycles. The Kier molecular flexibility index (Phi) is 5.38. The normalized spacial score (nSPS) is 10.7. The minimum absolute atomic E-state index is 0.138. The van der Waals surface area contributed by atoms with Crippen molar-refractivity contribution in [2.24, 2.45) is 0 Å². The van der Waals surface area contributed by atoms with Crippen LogP contribution in [0.3, 0.4) is 0 Å². The molecule has 6 nitrogen and oxygen atoms in total. The Balaban J connectivity index is 1.36. The number of amides is 1. The van der Waals surface area contributed by atoms with Crippen molar-refractivity contribution in [1.29, 1.82) is 0 Å². The van der Waals surface area contributed by atoms with Crippen molar-refractivity contribution in [2.45, 2.75) is 13.2 Å². The van der Waals surface area contributed by atoms with E-state index < -0.39 is 0 Å². The van der Waals surface area contributed by atoms with E-state index in [9.17, 15) is 9.18 Å². The Bertz CT molecular complexity index is 1090. The van der Waals surface area contributed by atoms with E-state index in [0.717, 1.165) is 5.56 Å². The molecular weight excluding hydrogens is 373 g/mol. The number of nitrogens with zero attached hydrogens (tertiary/aromatic N) is 2. The van der Waals surface area contributed by atoms with Crippen LogP contribution in [0.25, 0.3) is 0 Å². The molecule has 2 aromatic heterocycles. The molecule has 4 aromatic rings. The number of imidazole rings is 1. The summed E-state index contributed by atoms with van der Waals surface area (Å²) < 4.78 is 25.9. The summed E-state index contributed by atoms with van der Waals surface area (Å²) in [5.41, 5.74) is 1.71. The molecule has 0 saturated heterocycles. The molecule has 0 aliphatic rings. The van der Waals surface area contributed by atoms with Gasteiger partial charge in [-0.3, -0.25) is 4.79 Å². The lowest BCUT2D eigenvalue weighted by molar-refractivity contribution is 0.0992. The highest BCUT2D eigenvalue weighted by molar-refractivity contribution is 6.02. The number of halogens is 1. The van der Waals surface area contributed by atoms with Gasteiger partial charge in [0.2, 0.25) is 0 Å². The van der Waals surface area contributed by atoms with Crippen LogP contribution >= 0.6 is 0 Å². The maximum atomic E-state index is 12.9. The molecule has 0 aliphatic heterocycles. The summed E-state index contributed by atoms with van der Waals surface area (Å²) in [5, 5.41) is 2.83. The van der Waals surface area contributed by atoms with Gasteiger partial charge in [-0.1, -0.05) is 12.1 Å². The fourth-order valence-corrected chi connectivity index (χ4v) is 2.79. The minimum atomic E-state index is -0.349. The van der Waals surface area contributed by atoms with Crippen LogP contribution in [-0.4, -0.2) is 15.5 Å². The average Bonchev–Trinajstić information content (AvgIpc) is 3.40. The summed E-state index contributed by atoms with van der Waals surface area (Å²) in [6.45, 7) is 0.800. The van der Waals surface area contributed by atoms with Crippen LogP contribution in [0.5, 0.6) is 5.75 Å². The van der Waals surface area contributed by atoms with E-state index in [1.165, 1.54) is 24.3 Å². The highest BCUT2D eigenvalue weighted by Gasteiger charge is 2.12. The van der Waals surface area contributed by atoms with Gasteiger partial charge < -0.3 is 19.0 Å². The lowest BCUT2D eigenvalue weighted by Crippen LogP contribution is -2.11. The average molecular weight is 391 g/mol. The second-order valence-corrected chi connectivity index (χ2v) is 6.40. The number of nitrogens with one attached hydrogen (secondary N) is 1. The van der Waals surface area contributed by atoms with Gasteiger partial charge in [0.1, 0.15) is 23.9 Å². The third-order valence-electron chi connectivity index (χ3n) is 4.19. The lowest BCUT2D eigenvalue weighted by atomic mass is 10.2. The van der Waals surface area contributed by atoms with Gasteiger partial charge in [-0.05, 0) is 54.1 Å². The molecule has 0 unspecified atom stereocenters. The van der Waals surface area contributed by atoms with Crippen LogP contribution in [0.15, 0.2) is 83.8 Å². The third kappa shape index (κ3) is 4.90. The molecule has 0 aliphatic carbocycles. The first kappa shape index (κ1) is 18.5. The van der Waals surface area contributed by atoms with Crippen molar-refractivity contribution in [3.05, 3.63) is 102 Å². The minimum Gasteiger partial charge on any atom is -0.486 e. The van der Waals surface area contributed by atoms with E-state index in [-0.39, 0.29) is 24.1 Å². The Labute approximate surface area is 166 Å². The van der Waals surface area contributed by atoms with Crippen molar-refractivity contribution in [1.82, 2.24) is 9.55 Å². The first-order valence-electron chi connectivity index (χ1n) is 8.99. The maximum Gasteiger partial charge on any atom is 0.291 e. The summed E-state index contributed by atoms with van der Waals surface area (Å²) >= 11 is 0. The smallest absolute Gasteiger partial charge is 0.291 e. The number of anilines is 1. The Morgan fingerprint density at radius 1 is 1.14 bits per heavy atom. The zero-order valence-corrected chi connectivity index (χ0v) is 15.4. The lowest BCUT2D eigenvalue weighted by Gasteiger charge is -2.07. The molecule has 146 valence electrons. The molecule has 0 spiro atoms. The SMILES string of the molecule is O=C(Nc1cccc(Cn2ccnc2)c1)c1ccc(COc2ccc(F)cc2)o1. The molecule has 7 heteroatoms. The van der Waals surface area contributed by atoms with E-state index >= 15 is 0 Å². The molecule has 1 amide bonds. The highest BCUT2D eigenvalue weighted by atomic mass is 19.1. The van der Waals surface area contributed by atoms with Gasteiger partial charge in [0, 0.05) is 24.6 Å². The molecule has 0 fully saturated rings. The number of furan rings is 1. The molecule has 29 heavy (non-hydrogen) atoms. The fourth-order valence-electron chi connectivity index (χ4n) is 2.79. The number of ether oxygens (including phenoxy) is 1. The summed E-state index contributed by atoms with van der Waals surface area (Å²) in [6, 6.07) is 16.5. The predicted molar refractivity (Wildman–Crippen MR) is 105 cm³/mol. The second-order valence-electron chi connectivity index (χ2n) is 6.40. The zero-order valence-electron chi connectivity index (χ0n) is 15.4. The van der Waals surface area contributed by atoms with Gasteiger partial charge in [-0.2, -0.15) is 0 Å². The van der Waals surface area contributed by atoms with E-state index in [4.69, 9.17) is 9.15 Å². The highest BCUT2D eigenvalue weighted by Crippen LogP contribution is 2.17. The van der Waals surface area contributed by atoms with Gasteiger partial charge in [0.05, 0.1) is 6.33 Å². The van der Waals surface area contributed by atoms with Crippen molar-refractivity contribution in [3.63, 3.8) is 0 Å². The molecule has 4 rings (SSSR count). The number of carbonyl (C=O) groups excluding carboxylic acids is 1. The van der Waals surface area contributed by atoms with Crippen LogP contribution in [0.1, 0.15) is 21.9 Å². The summed E-state index contributed by atoms with van der Waals surface area (Å²) in [4.78, 5) is 16.5. The molecule has 0 atom stereocenters. The van der Waals surface area contributed by atoms with Crippen LogP contribution < -0.4 is 10.1 Å². The van der Waals surface area contributed by atoms with Crippen LogP contribution in [0.2, 0.25) is 0 Å². The van der Waals surface area contributed by atoms with E-state index in [1.54, 1.807) is 24.7 Å². The van der Waals surface area contributed by atoms with Gasteiger partial charge in [0.15, 0.2) is 5.76 Å². The number of hydrogen-bond acceptors (Lipinski definition) is 4. The van der Waals surface area contributed by atoms with Crippen molar-refractivity contribution < 1.29 is 18.3 Å². The van der Waals surface area contributed by atoms with Crippen LogP contribution in [0, 0.1) is 5.82 Å². The maximum absolute atomic E-state index is 12.9. The number of aromatic nitrogens is 2. The molecule has 1 N–H and O–H groups in total. The summed E-state index contributed by atoms with van der Waals surface area (Å²) in [5.74, 6) is 0.515. The van der Waals surface area contributed by atoms with Crippen molar-refractivity contribution in [3.8, 4) is 5.75 Å². The zero-order chi connectivity index (χ0) is 20.1. The molecular formula is C22H18FN3O3. The van der Waals surface area contributed by atoms with Crippen LogP contribution in [-0.2, 0) is 13.2 Å². The molecule has 0 saturated carbocycles. The number of carbonyl (C=O) groups is 1. The summed E-state index contributed by atoms with van der Waals surface area (Å²) in [6.07, 6.45) is 5.34. The number of benzene rings is 2. The third-order valence-corrected chi connectivity index (χ3v) is 4.19. The second kappa shape index (κ2) is 8.43. The molecule has 2 aromatic carbocycles. The van der Waals surface area contributed by atoms with Crippen molar-refractivity contribution in [2.75, 3.05) is 5.32 Å². The Morgan fingerprint density at radius 3 is 2.79 bits per heavy atom. The topological polar surface area (TPSA) is 69.3 Å². The van der Waals surface area contributed by atoms with E-state index in [2.05, 4.69) is 10.3 Å². The standard InChI is InChI=1S/C22H18FN3O3/c23-17-4-6-19(7-5-17)28-14-20-8-9-21(29-20)22(27)25-18-3-1-2-16(12-18)13-26-11-10-24-15-26/h1-12,15H,13-14H2,(H,25,27). The Hall–Kier alpha value is -3.87. The Morgan fingerprint density at radius 2 is 2.00 bits per heavy atom. The predicted octanol–water partition coefficient (Wildman–Crippen LogP) is 4.49. The van der Waals surface area contributed by atoms with Crippen molar-refractivity contribution >= 4 is 11.6 Å². The quantitative estimate of drug-likeness (QED) is 0.504. The van der Waals surface area contributed by atoms with Gasteiger partial charge >= 0.3 is 0 Å². The van der Waals surface area contributed by atoms with E-state index in [1.807, 2.05) is 35.0 Å². The monoisotopic (exact) mass is 391 g/mol. The number of hydrogen-bond donors (Lipinski definition) is 1. The van der Waals surface area contributed by atoms with Gasteiger partial charge in [-0.15, -0.1) is 0 Å². The first-order valence-corrected chi connectivity index (χ1v) is 8.99. The van der Waals surface area contributed by atoms with Gasteiger partial charge in [-0.25, -0.2) is 9.37 Å². The molecule has 0 bridgehead atoms. The fraction of sp³-hybridized carbons (Fsp3) is 0.0909.